The van der Waals surface area contributed by atoms with Gasteiger partial charge < -0.3 is 10.3 Å². The lowest BCUT2D eigenvalue weighted by Crippen LogP contribution is -2.25. The summed E-state index contributed by atoms with van der Waals surface area (Å²) in [7, 11) is 0. The molecule has 0 aliphatic heterocycles. The summed E-state index contributed by atoms with van der Waals surface area (Å²) in [6.07, 6.45) is 2.00. The summed E-state index contributed by atoms with van der Waals surface area (Å²) in [5.41, 5.74) is 6.08. The molecule has 2 aromatic carbocycles. The van der Waals surface area contributed by atoms with Crippen molar-refractivity contribution in [1.82, 2.24) is 15.3 Å². The molecule has 4 heteroatoms. The molecule has 0 unspecified atom stereocenters. The Hall–Kier alpha value is -2.88. The van der Waals surface area contributed by atoms with E-state index in [-0.39, 0.29) is 5.91 Å². The smallest absolute Gasteiger partial charge is 0.287 e. The van der Waals surface area contributed by atoms with E-state index in [1.165, 1.54) is 11.1 Å². The van der Waals surface area contributed by atoms with Crippen LogP contribution >= 0.6 is 0 Å². The summed E-state index contributed by atoms with van der Waals surface area (Å²) >= 11 is 0. The van der Waals surface area contributed by atoms with Crippen LogP contribution in [0.25, 0.3) is 22.5 Å². The van der Waals surface area contributed by atoms with Crippen molar-refractivity contribution in [3.05, 3.63) is 65.5 Å². The van der Waals surface area contributed by atoms with E-state index >= 15 is 0 Å². The van der Waals surface area contributed by atoms with Crippen LogP contribution in [0.2, 0.25) is 0 Å². The van der Waals surface area contributed by atoms with Gasteiger partial charge in [0.05, 0.1) is 11.4 Å². The van der Waals surface area contributed by atoms with E-state index in [1.54, 1.807) is 0 Å². The van der Waals surface area contributed by atoms with E-state index in [4.69, 9.17) is 0 Å². The fourth-order valence-electron chi connectivity index (χ4n) is 2.79. The molecule has 4 nitrogen and oxygen atoms in total. The first-order chi connectivity index (χ1) is 12.6. The minimum atomic E-state index is -0.162. The van der Waals surface area contributed by atoms with Gasteiger partial charge in [-0.2, -0.15) is 0 Å². The Bertz CT molecular complexity index is 814. The summed E-state index contributed by atoms with van der Waals surface area (Å²) in [5, 5.41) is 2.93. The van der Waals surface area contributed by atoms with Crippen LogP contribution in [0.5, 0.6) is 0 Å². The molecule has 0 fully saturated rings. The number of rotatable bonds is 6. The van der Waals surface area contributed by atoms with E-state index in [0.717, 1.165) is 35.4 Å². The molecule has 0 aliphatic rings. The highest BCUT2D eigenvalue weighted by Crippen LogP contribution is 2.30. The second-order valence-corrected chi connectivity index (χ2v) is 6.65. The van der Waals surface area contributed by atoms with Crippen molar-refractivity contribution in [2.75, 3.05) is 6.54 Å². The van der Waals surface area contributed by atoms with Crippen molar-refractivity contribution in [1.29, 1.82) is 0 Å². The number of aromatic nitrogens is 2. The molecule has 2 N–H and O–H groups in total. The van der Waals surface area contributed by atoms with E-state index < -0.39 is 0 Å². The second-order valence-electron chi connectivity index (χ2n) is 6.65. The predicted octanol–water partition coefficient (Wildman–Crippen LogP) is 4.89. The van der Waals surface area contributed by atoms with E-state index in [0.29, 0.717) is 12.4 Å². The number of benzene rings is 2. The van der Waals surface area contributed by atoms with Crippen LogP contribution in [-0.4, -0.2) is 22.4 Å². The molecule has 134 valence electrons. The molecule has 0 bridgehead atoms. The van der Waals surface area contributed by atoms with Gasteiger partial charge in [-0.05, 0) is 20.3 Å². The van der Waals surface area contributed by atoms with Gasteiger partial charge in [0.1, 0.15) is 0 Å². The number of nitrogens with zero attached hydrogens (tertiary/aromatic N) is 1. The molecule has 0 saturated carbocycles. The molecular weight excluding hydrogens is 322 g/mol. The van der Waals surface area contributed by atoms with Gasteiger partial charge in [0.2, 0.25) is 0 Å². The van der Waals surface area contributed by atoms with Crippen LogP contribution in [0.15, 0.2) is 48.5 Å². The normalized spacial score (nSPS) is 10.7. The number of aryl methyl sites for hydroxylation is 2. The molecule has 3 aromatic rings. The Labute approximate surface area is 154 Å². The van der Waals surface area contributed by atoms with Crippen molar-refractivity contribution in [3.8, 4) is 22.5 Å². The molecule has 0 spiro atoms. The Morgan fingerprint density at radius 1 is 0.962 bits per heavy atom. The number of imidazole rings is 1. The number of hydrogen-bond donors (Lipinski definition) is 2. The van der Waals surface area contributed by atoms with Crippen LogP contribution in [-0.2, 0) is 0 Å². The first-order valence-corrected chi connectivity index (χ1v) is 9.10. The molecule has 1 heterocycles. The zero-order valence-corrected chi connectivity index (χ0v) is 15.6. The third-order valence-electron chi connectivity index (χ3n) is 4.40. The van der Waals surface area contributed by atoms with Crippen molar-refractivity contribution < 1.29 is 4.79 Å². The van der Waals surface area contributed by atoms with Gasteiger partial charge in [-0.3, -0.25) is 4.79 Å². The van der Waals surface area contributed by atoms with Crippen molar-refractivity contribution >= 4 is 5.91 Å². The maximum atomic E-state index is 12.5. The molecule has 0 atom stereocenters. The third kappa shape index (κ3) is 4.02. The van der Waals surface area contributed by atoms with Crippen molar-refractivity contribution in [3.63, 3.8) is 0 Å². The Morgan fingerprint density at radius 3 is 2.12 bits per heavy atom. The fraction of sp³-hybridized carbons (Fsp3) is 0.273. The van der Waals surface area contributed by atoms with Crippen LogP contribution in [0.1, 0.15) is 41.5 Å². The zero-order chi connectivity index (χ0) is 18.5. The number of unbranched alkanes of at least 4 members (excludes halogenated alkanes) is 1. The summed E-state index contributed by atoms with van der Waals surface area (Å²) in [5.74, 6) is 0.192. The van der Waals surface area contributed by atoms with E-state index in [1.807, 2.05) is 12.1 Å². The number of H-pyrrole nitrogens is 1. The zero-order valence-electron chi connectivity index (χ0n) is 15.6. The van der Waals surface area contributed by atoms with Crippen LogP contribution in [0.3, 0.4) is 0 Å². The molecular formula is C22H25N3O. The van der Waals surface area contributed by atoms with Gasteiger partial charge >= 0.3 is 0 Å². The number of carbonyl (C=O) groups excluding carboxylic acids is 1. The third-order valence-corrected chi connectivity index (χ3v) is 4.40. The van der Waals surface area contributed by atoms with Gasteiger partial charge in [0.15, 0.2) is 5.82 Å². The highest BCUT2D eigenvalue weighted by molar-refractivity contribution is 5.93. The lowest BCUT2D eigenvalue weighted by molar-refractivity contribution is 0.0944. The van der Waals surface area contributed by atoms with Crippen molar-refractivity contribution in [2.45, 2.75) is 33.6 Å². The van der Waals surface area contributed by atoms with Crippen LogP contribution in [0, 0.1) is 13.8 Å². The molecule has 26 heavy (non-hydrogen) atoms. The van der Waals surface area contributed by atoms with E-state index in [9.17, 15) is 4.79 Å². The minimum absolute atomic E-state index is 0.162. The molecule has 1 amide bonds. The first kappa shape index (κ1) is 17.9. The Morgan fingerprint density at radius 2 is 1.54 bits per heavy atom. The number of carbonyl (C=O) groups is 1. The largest absolute Gasteiger partial charge is 0.349 e. The highest BCUT2D eigenvalue weighted by Gasteiger charge is 2.18. The fourth-order valence-corrected chi connectivity index (χ4v) is 2.79. The topological polar surface area (TPSA) is 57.8 Å². The van der Waals surface area contributed by atoms with Crippen LogP contribution in [0.4, 0.5) is 0 Å². The van der Waals surface area contributed by atoms with E-state index in [2.05, 4.69) is 72.5 Å². The maximum Gasteiger partial charge on any atom is 0.287 e. The SMILES string of the molecule is CCCCNC(=O)c1nc(-c2ccc(C)cc2)c(-c2ccc(C)cc2)[nH]1. The van der Waals surface area contributed by atoms with Gasteiger partial charge in [-0.15, -0.1) is 0 Å². The average molecular weight is 347 g/mol. The van der Waals surface area contributed by atoms with Gasteiger partial charge in [0, 0.05) is 17.7 Å². The summed E-state index contributed by atoms with van der Waals surface area (Å²) in [6, 6.07) is 16.4. The maximum absolute atomic E-state index is 12.5. The molecule has 1 aromatic heterocycles. The first-order valence-electron chi connectivity index (χ1n) is 9.10. The van der Waals surface area contributed by atoms with Gasteiger partial charge in [0.25, 0.3) is 5.91 Å². The van der Waals surface area contributed by atoms with Crippen molar-refractivity contribution in [2.24, 2.45) is 0 Å². The number of aromatic amines is 1. The van der Waals surface area contributed by atoms with Gasteiger partial charge in [-0.25, -0.2) is 4.98 Å². The number of amides is 1. The monoisotopic (exact) mass is 347 g/mol. The quantitative estimate of drug-likeness (QED) is 0.624. The molecule has 0 aliphatic carbocycles. The van der Waals surface area contributed by atoms with Gasteiger partial charge in [-0.1, -0.05) is 73.0 Å². The summed E-state index contributed by atoms with van der Waals surface area (Å²) in [6.45, 7) is 6.88. The number of hydrogen-bond acceptors (Lipinski definition) is 2. The lowest BCUT2D eigenvalue weighted by Gasteiger charge is -2.04. The molecule has 0 radical (unpaired) electrons. The Balaban J connectivity index is 2.01. The molecule has 0 saturated heterocycles. The lowest BCUT2D eigenvalue weighted by atomic mass is 10.0. The number of nitrogens with one attached hydrogen (secondary N) is 2. The molecule has 3 rings (SSSR count). The average Bonchev–Trinajstić information content (AvgIpc) is 3.08. The predicted molar refractivity (Wildman–Crippen MR) is 106 cm³/mol. The minimum Gasteiger partial charge on any atom is -0.349 e. The summed E-state index contributed by atoms with van der Waals surface area (Å²) in [4.78, 5) is 20.3. The second kappa shape index (κ2) is 8.00. The summed E-state index contributed by atoms with van der Waals surface area (Å²) < 4.78 is 0. The standard InChI is InChI=1S/C22H25N3O/c1-4-5-14-23-22(26)21-24-19(17-10-6-15(2)7-11-17)20(25-21)18-12-8-16(3)9-13-18/h6-13H,4-5,14H2,1-3H3,(H,23,26)(H,24,25). The Kier molecular flexibility index (Phi) is 5.52. The van der Waals surface area contributed by atoms with Crippen LogP contribution < -0.4 is 5.32 Å². The highest BCUT2D eigenvalue weighted by atomic mass is 16.2.